The van der Waals surface area contributed by atoms with Gasteiger partial charge in [-0.3, -0.25) is 0 Å². The third-order valence-corrected chi connectivity index (χ3v) is 6.84. The Morgan fingerprint density at radius 1 is 0.875 bits per heavy atom. The second-order valence-electron chi connectivity index (χ2n) is 11.0. The number of ether oxygens (including phenoxy) is 7. The summed E-state index contributed by atoms with van der Waals surface area (Å²) in [5, 5.41) is 0. The summed E-state index contributed by atoms with van der Waals surface area (Å²) in [5.41, 5.74) is 0.632. The summed E-state index contributed by atoms with van der Waals surface area (Å²) in [6, 6.07) is 7.17. The van der Waals surface area contributed by atoms with E-state index in [2.05, 4.69) is 19.1 Å². The van der Waals surface area contributed by atoms with Crippen LogP contribution in [0.4, 0.5) is 9.59 Å². The van der Waals surface area contributed by atoms with Crippen LogP contribution >= 0.6 is 0 Å². The number of unbranched alkanes of at least 4 members (excludes halogenated alkanes) is 2. The van der Waals surface area contributed by atoms with Crippen LogP contribution in [-0.2, 0) is 28.4 Å². The molecule has 0 unspecified atom stereocenters. The highest BCUT2D eigenvalue weighted by Crippen LogP contribution is 2.34. The molecule has 0 radical (unpaired) electrons. The number of hydrogen-bond acceptors (Lipinski definition) is 9. The fourth-order valence-electron chi connectivity index (χ4n) is 4.82. The SMILES string of the molecule is CCCCC[C@H]1CC[C@H](/C=C/COc2ccc(C3O[C@H](OC(=O)OC(C)C)[C@@H](OC(=O)OC(C)C)O3)cc2)CC1. The number of allylic oxidation sites excluding steroid dienone is 1. The fourth-order valence-corrected chi connectivity index (χ4v) is 4.82. The zero-order chi connectivity index (χ0) is 28.9. The Bertz CT molecular complexity index is 887. The first kappa shape index (κ1) is 31.7. The van der Waals surface area contributed by atoms with Crippen LogP contribution in [0.1, 0.15) is 97.8 Å². The van der Waals surface area contributed by atoms with Gasteiger partial charge in [-0.25, -0.2) is 9.59 Å². The van der Waals surface area contributed by atoms with Crippen molar-refractivity contribution >= 4 is 12.3 Å². The molecule has 40 heavy (non-hydrogen) atoms. The molecule has 9 heteroatoms. The van der Waals surface area contributed by atoms with E-state index in [-0.39, 0.29) is 0 Å². The third kappa shape index (κ3) is 11.0. The molecule has 1 saturated heterocycles. The smallest absolute Gasteiger partial charge is 0.490 e. The lowest BCUT2D eigenvalue weighted by atomic mass is 9.79. The van der Waals surface area contributed by atoms with E-state index < -0.39 is 43.4 Å². The van der Waals surface area contributed by atoms with Crippen molar-refractivity contribution in [3.8, 4) is 5.75 Å². The summed E-state index contributed by atoms with van der Waals surface area (Å²) in [4.78, 5) is 24.0. The lowest BCUT2D eigenvalue weighted by molar-refractivity contribution is -0.163. The number of carbonyl (C=O) groups excluding carboxylic acids is 2. The molecule has 0 aromatic heterocycles. The van der Waals surface area contributed by atoms with E-state index in [0.717, 1.165) is 5.92 Å². The Kier molecular flexibility index (Phi) is 13.1. The Labute approximate surface area is 238 Å². The Hall–Kier alpha value is -2.78. The standard InChI is InChI=1S/C31H46O9/c1-6-7-8-10-23-12-14-24(15-13-23)11-9-20-34-26-18-16-25(17-19-26)27-37-28(39-30(32)35-21(2)3)29(38-27)40-31(33)36-22(4)5/h9,11,16-19,21-24,27-29H,6-8,10,12-15,20H2,1-5H3/b11-9+/t23-,24-,28-,29-/m1/s1. The van der Waals surface area contributed by atoms with Gasteiger partial charge < -0.3 is 33.2 Å². The molecular weight excluding hydrogens is 516 g/mol. The van der Waals surface area contributed by atoms with Crippen LogP contribution in [0.5, 0.6) is 5.75 Å². The van der Waals surface area contributed by atoms with Gasteiger partial charge in [0.15, 0.2) is 6.29 Å². The lowest BCUT2D eigenvalue weighted by Crippen LogP contribution is -2.34. The largest absolute Gasteiger partial charge is 0.511 e. The normalized spacial score (nSPS) is 23.5. The van der Waals surface area contributed by atoms with Crippen LogP contribution in [-0.4, -0.2) is 43.7 Å². The summed E-state index contributed by atoms with van der Waals surface area (Å²) in [6.45, 7) is 9.49. The van der Waals surface area contributed by atoms with Gasteiger partial charge in [0, 0.05) is 5.56 Å². The Morgan fingerprint density at radius 2 is 1.45 bits per heavy atom. The van der Waals surface area contributed by atoms with E-state index in [1.165, 1.54) is 51.4 Å². The summed E-state index contributed by atoms with van der Waals surface area (Å²) >= 11 is 0. The van der Waals surface area contributed by atoms with Crippen LogP contribution in [0.3, 0.4) is 0 Å². The average Bonchev–Trinajstić information content (AvgIpc) is 3.28. The van der Waals surface area contributed by atoms with E-state index in [0.29, 0.717) is 23.8 Å². The zero-order valence-electron chi connectivity index (χ0n) is 24.5. The maximum absolute atomic E-state index is 12.0. The zero-order valence-corrected chi connectivity index (χ0v) is 24.5. The van der Waals surface area contributed by atoms with Crippen molar-refractivity contribution in [2.45, 2.75) is 117 Å². The van der Waals surface area contributed by atoms with E-state index in [4.69, 9.17) is 33.2 Å². The van der Waals surface area contributed by atoms with E-state index in [1.807, 2.05) is 12.1 Å². The van der Waals surface area contributed by atoms with Gasteiger partial charge in [0.25, 0.3) is 12.6 Å². The molecule has 0 bridgehead atoms. The minimum absolute atomic E-state index is 0.395. The minimum Gasteiger partial charge on any atom is -0.490 e. The molecule has 2 atom stereocenters. The Balaban J connectivity index is 1.47. The molecule has 2 aliphatic rings. The van der Waals surface area contributed by atoms with Crippen LogP contribution in [0.25, 0.3) is 0 Å². The monoisotopic (exact) mass is 562 g/mol. The molecule has 1 heterocycles. The van der Waals surface area contributed by atoms with Crippen LogP contribution in [0, 0.1) is 11.8 Å². The quantitative estimate of drug-likeness (QED) is 0.135. The minimum atomic E-state index is -1.33. The van der Waals surface area contributed by atoms with E-state index in [1.54, 1.807) is 39.8 Å². The fraction of sp³-hybridized carbons (Fsp3) is 0.677. The van der Waals surface area contributed by atoms with Crippen molar-refractivity contribution in [1.82, 2.24) is 0 Å². The summed E-state index contributed by atoms with van der Waals surface area (Å²) in [7, 11) is 0. The summed E-state index contributed by atoms with van der Waals surface area (Å²) in [6.07, 6.45) is 8.69. The second kappa shape index (κ2) is 16.5. The predicted molar refractivity (Wildman–Crippen MR) is 149 cm³/mol. The molecule has 9 nitrogen and oxygen atoms in total. The van der Waals surface area contributed by atoms with Crippen LogP contribution < -0.4 is 4.74 Å². The van der Waals surface area contributed by atoms with Crippen LogP contribution in [0.15, 0.2) is 36.4 Å². The van der Waals surface area contributed by atoms with Gasteiger partial charge in [0.05, 0.1) is 12.2 Å². The topological polar surface area (TPSA) is 98.8 Å². The molecular formula is C31H46O9. The molecule has 1 aliphatic carbocycles. The number of carbonyl (C=O) groups is 2. The molecule has 0 amide bonds. The lowest BCUT2D eigenvalue weighted by Gasteiger charge is -2.26. The first-order valence-corrected chi connectivity index (χ1v) is 14.7. The van der Waals surface area contributed by atoms with Crippen molar-refractivity contribution in [3.05, 3.63) is 42.0 Å². The highest BCUT2D eigenvalue weighted by Gasteiger charge is 2.43. The van der Waals surface area contributed by atoms with Crippen molar-refractivity contribution in [2.75, 3.05) is 6.61 Å². The first-order valence-electron chi connectivity index (χ1n) is 14.7. The van der Waals surface area contributed by atoms with Gasteiger partial charge in [0.2, 0.25) is 0 Å². The molecule has 1 aromatic rings. The van der Waals surface area contributed by atoms with Gasteiger partial charge in [-0.15, -0.1) is 0 Å². The van der Waals surface area contributed by atoms with Crippen molar-refractivity contribution in [2.24, 2.45) is 11.8 Å². The van der Waals surface area contributed by atoms with Gasteiger partial charge in [-0.2, -0.15) is 0 Å². The number of rotatable bonds is 13. The molecule has 0 N–H and O–H groups in total. The maximum Gasteiger partial charge on any atom is 0.511 e. The van der Waals surface area contributed by atoms with Gasteiger partial charge in [-0.05, 0) is 77.3 Å². The highest BCUT2D eigenvalue weighted by molar-refractivity contribution is 5.61. The number of benzene rings is 1. The summed E-state index contributed by atoms with van der Waals surface area (Å²) < 4.78 is 37.7. The predicted octanol–water partition coefficient (Wildman–Crippen LogP) is 7.83. The third-order valence-electron chi connectivity index (χ3n) is 6.84. The molecule has 0 spiro atoms. The molecule has 3 rings (SSSR count). The van der Waals surface area contributed by atoms with Crippen molar-refractivity contribution < 1.29 is 42.7 Å². The molecule has 2 fully saturated rings. The molecule has 1 aliphatic heterocycles. The highest BCUT2D eigenvalue weighted by atomic mass is 16.9. The van der Waals surface area contributed by atoms with Gasteiger partial charge in [0.1, 0.15) is 12.4 Å². The van der Waals surface area contributed by atoms with E-state index >= 15 is 0 Å². The molecule has 1 saturated carbocycles. The second-order valence-corrected chi connectivity index (χ2v) is 11.0. The number of hydrogen-bond donors (Lipinski definition) is 0. The van der Waals surface area contributed by atoms with Crippen LogP contribution in [0.2, 0.25) is 0 Å². The summed E-state index contributed by atoms with van der Waals surface area (Å²) in [5.74, 6) is 2.25. The van der Waals surface area contributed by atoms with Gasteiger partial charge in [-0.1, -0.05) is 56.9 Å². The Morgan fingerprint density at radius 3 is 1.98 bits per heavy atom. The molecule has 224 valence electrons. The van der Waals surface area contributed by atoms with E-state index in [9.17, 15) is 9.59 Å². The van der Waals surface area contributed by atoms with Crippen molar-refractivity contribution in [1.29, 1.82) is 0 Å². The maximum atomic E-state index is 12.0. The first-order chi connectivity index (χ1) is 19.2. The molecule has 1 aromatic carbocycles. The van der Waals surface area contributed by atoms with Crippen molar-refractivity contribution in [3.63, 3.8) is 0 Å². The average molecular weight is 563 g/mol. The van der Waals surface area contributed by atoms with Gasteiger partial charge >= 0.3 is 12.3 Å².